The zero-order valence-corrected chi connectivity index (χ0v) is 10.1. The van der Waals surface area contributed by atoms with Crippen molar-refractivity contribution in [2.45, 2.75) is 6.92 Å². The maximum Gasteiger partial charge on any atom is 0.152 e. The molecule has 2 nitrogen and oxygen atoms in total. The fourth-order valence-corrected chi connectivity index (χ4v) is 1.20. The van der Waals surface area contributed by atoms with Crippen molar-refractivity contribution in [3.05, 3.63) is 60.2 Å². The summed E-state index contributed by atoms with van der Waals surface area (Å²) in [4.78, 5) is 10.6. The molecule has 0 unspecified atom stereocenters. The van der Waals surface area contributed by atoms with Crippen molar-refractivity contribution in [1.82, 2.24) is 0 Å². The number of carbonyl (C=O) groups is 1. The van der Waals surface area contributed by atoms with Crippen LogP contribution < -0.4 is 4.74 Å². The number of ether oxygens (including phenoxy) is 1. The summed E-state index contributed by atoms with van der Waals surface area (Å²) in [6.07, 6.45) is 10.9. The van der Waals surface area contributed by atoms with Gasteiger partial charge in [-0.25, -0.2) is 0 Å². The number of hydrogen-bond donors (Lipinski definition) is 0. The zero-order chi connectivity index (χ0) is 12.5. The van der Waals surface area contributed by atoms with Gasteiger partial charge in [0.1, 0.15) is 5.75 Å². The quantitative estimate of drug-likeness (QED) is 0.570. The Morgan fingerprint density at radius 2 is 1.71 bits per heavy atom. The molecule has 0 saturated carbocycles. The fourth-order valence-electron chi connectivity index (χ4n) is 1.20. The van der Waals surface area contributed by atoms with Crippen LogP contribution >= 0.6 is 0 Å². The number of rotatable bonds is 5. The molecule has 88 valence electrons. The summed E-state index contributed by atoms with van der Waals surface area (Å²) in [5, 5.41) is 0. The molecule has 1 aromatic carbocycles. The van der Waals surface area contributed by atoms with Crippen LogP contribution in [0.5, 0.6) is 5.75 Å². The Morgan fingerprint density at radius 1 is 1.06 bits per heavy atom. The highest BCUT2D eigenvalue weighted by atomic mass is 16.5. The van der Waals surface area contributed by atoms with Gasteiger partial charge in [-0.15, -0.1) is 0 Å². The number of allylic oxidation sites excluding steroid dienone is 5. The van der Waals surface area contributed by atoms with E-state index in [0.29, 0.717) is 0 Å². The van der Waals surface area contributed by atoms with E-state index in [9.17, 15) is 4.79 Å². The average molecular weight is 228 g/mol. The predicted molar refractivity (Wildman–Crippen MR) is 71.0 cm³/mol. The molecule has 0 aliphatic rings. The van der Waals surface area contributed by atoms with Crippen molar-refractivity contribution in [2.75, 3.05) is 7.11 Å². The van der Waals surface area contributed by atoms with Gasteiger partial charge >= 0.3 is 0 Å². The molecular weight excluding hydrogens is 212 g/mol. The van der Waals surface area contributed by atoms with E-state index < -0.39 is 0 Å². The Kier molecular flexibility index (Phi) is 5.52. The Morgan fingerprint density at radius 3 is 2.29 bits per heavy atom. The summed E-state index contributed by atoms with van der Waals surface area (Å²) in [6, 6.07) is 7.79. The van der Waals surface area contributed by atoms with Crippen LogP contribution in [0.1, 0.15) is 12.5 Å². The molecule has 0 spiro atoms. The first-order valence-electron chi connectivity index (χ1n) is 5.38. The average Bonchev–Trinajstić information content (AvgIpc) is 2.34. The van der Waals surface area contributed by atoms with E-state index in [1.165, 1.54) is 13.0 Å². The first-order chi connectivity index (χ1) is 8.22. The topological polar surface area (TPSA) is 26.3 Å². The normalized spacial score (nSPS) is 11.6. The van der Waals surface area contributed by atoms with Gasteiger partial charge in [0, 0.05) is 0 Å². The lowest BCUT2D eigenvalue weighted by atomic mass is 10.2. The molecule has 0 N–H and O–H groups in total. The molecule has 0 aromatic heterocycles. The van der Waals surface area contributed by atoms with Crippen LogP contribution in [0, 0.1) is 0 Å². The zero-order valence-electron chi connectivity index (χ0n) is 10.1. The maximum atomic E-state index is 10.6. The summed E-state index contributed by atoms with van der Waals surface area (Å²) in [6.45, 7) is 1.53. The lowest BCUT2D eigenvalue weighted by Gasteiger charge is -1.98. The molecule has 0 fully saturated rings. The van der Waals surface area contributed by atoms with Crippen molar-refractivity contribution < 1.29 is 9.53 Å². The first-order valence-corrected chi connectivity index (χ1v) is 5.38. The molecule has 2 heteroatoms. The number of benzene rings is 1. The summed E-state index contributed by atoms with van der Waals surface area (Å²) in [5.41, 5.74) is 1.10. The molecule has 0 heterocycles. The Hall–Kier alpha value is -2.09. The van der Waals surface area contributed by atoms with Gasteiger partial charge in [0.2, 0.25) is 0 Å². The molecule has 0 amide bonds. The smallest absolute Gasteiger partial charge is 0.152 e. The van der Waals surface area contributed by atoms with Gasteiger partial charge in [-0.05, 0) is 30.7 Å². The monoisotopic (exact) mass is 228 g/mol. The summed E-state index contributed by atoms with van der Waals surface area (Å²) in [7, 11) is 1.65. The number of carbonyl (C=O) groups excluding carboxylic acids is 1. The highest BCUT2D eigenvalue weighted by Gasteiger charge is 1.88. The second-order valence-corrected chi connectivity index (χ2v) is 3.49. The van der Waals surface area contributed by atoms with Gasteiger partial charge in [0.05, 0.1) is 7.11 Å². The summed E-state index contributed by atoms with van der Waals surface area (Å²) >= 11 is 0. The van der Waals surface area contributed by atoms with Crippen LogP contribution in [0.2, 0.25) is 0 Å². The Bertz CT molecular complexity index is 436. The lowest BCUT2D eigenvalue weighted by Crippen LogP contribution is -1.81. The molecule has 0 radical (unpaired) electrons. The van der Waals surface area contributed by atoms with E-state index in [4.69, 9.17) is 4.74 Å². The fraction of sp³-hybridized carbons (Fsp3) is 0.133. The van der Waals surface area contributed by atoms with Crippen molar-refractivity contribution >= 4 is 11.9 Å². The van der Waals surface area contributed by atoms with Crippen molar-refractivity contribution in [3.8, 4) is 5.75 Å². The second-order valence-electron chi connectivity index (χ2n) is 3.49. The molecular formula is C15H16O2. The van der Waals surface area contributed by atoms with Crippen molar-refractivity contribution in [3.63, 3.8) is 0 Å². The van der Waals surface area contributed by atoms with Crippen LogP contribution in [0.15, 0.2) is 54.6 Å². The van der Waals surface area contributed by atoms with E-state index in [1.807, 2.05) is 48.6 Å². The lowest BCUT2D eigenvalue weighted by molar-refractivity contribution is -0.112. The van der Waals surface area contributed by atoms with E-state index in [0.717, 1.165) is 11.3 Å². The minimum Gasteiger partial charge on any atom is -0.497 e. The number of methoxy groups -OCH3 is 1. The largest absolute Gasteiger partial charge is 0.497 e. The molecule has 0 atom stereocenters. The highest BCUT2D eigenvalue weighted by molar-refractivity contribution is 5.87. The summed E-state index contributed by atoms with van der Waals surface area (Å²) < 4.78 is 5.07. The van der Waals surface area contributed by atoms with Crippen LogP contribution in [-0.4, -0.2) is 12.9 Å². The third-order valence-corrected chi connectivity index (χ3v) is 2.07. The van der Waals surface area contributed by atoms with Gasteiger partial charge in [0.15, 0.2) is 5.78 Å². The standard InChI is InChI=1S/C15H16O2/c1-13(16)7-5-3-4-6-8-14-9-11-15(17-2)12-10-14/h3-12H,1-2H3/b4-3+,7-5+,8-6+. The minimum atomic E-state index is 0.0498. The highest BCUT2D eigenvalue weighted by Crippen LogP contribution is 2.12. The molecule has 1 aromatic rings. The van der Waals surface area contributed by atoms with Crippen molar-refractivity contribution in [1.29, 1.82) is 0 Å². The van der Waals surface area contributed by atoms with Crippen LogP contribution in [-0.2, 0) is 4.79 Å². The minimum absolute atomic E-state index is 0.0498. The third kappa shape index (κ3) is 5.52. The molecule has 0 aliphatic heterocycles. The van der Waals surface area contributed by atoms with Crippen molar-refractivity contribution in [2.24, 2.45) is 0 Å². The van der Waals surface area contributed by atoms with Gasteiger partial charge in [-0.2, -0.15) is 0 Å². The first kappa shape index (κ1) is 13.0. The van der Waals surface area contributed by atoms with E-state index in [1.54, 1.807) is 13.2 Å². The second kappa shape index (κ2) is 7.23. The Balaban J connectivity index is 2.50. The van der Waals surface area contributed by atoms with E-state index in [-0.39, 0.29) is 5.78 Å². The van der Waals surface area contributed by atoms with Gasteiger partial charge < -0.3 is 4.74 Å². The van der Waals surface area contributed by atoms with E-state index >= 15 is 0 Å². The van der Waals surface area contributed by atoms with Gasteiger partial charge in [-0.3, -0.25) is 4.79 Å². The van der Waals surface area contributed by atoms with Gasteiger partial charge in [0.25, 0.3) is 0 Å². The van der Waals surface area contributed by atoms with Crippen LogP contribution in [0.25, 0.3) is 6.08 Å². The molecule has 1 rings (SSSR count). The molecule has 0 saturated heterocycles. The van der Waals surface area contributed by atoms with Crippen LogP contribution in [0.3, 0.4) is 0 Å². The molecule has 17 heavy (non-hydrogen) atoms. The molecule has 0 aliphatic carbocycles. The SMILES string of the molecule is COc1ccc(/C=C/C=C/C=C/C(C)=O)cc1. The summed E-state index contributed by atoms with van der Waals surface area (Å²) in [5.74, 6) is 0.899. The third-order valence-electron chi connectivity index (χ3n) is 2.07. The molecule has 0 bridgehead atoms. The maximum absolute atomic E-state index is 10.6. The Labute approximate surface area is 102 Å². The number of hydrogen-bond acceptors (Lipinski definition) is 2. The number of ketones is 1. The van der Waals surface area contributed by atoms with Crippen LogP contribution in [0.4, 0.5) is 0 Å². The van der Waals surface area contributed by atoms with E-state index in [2.05, 4.69) is 0 Å². The van der Waals surface area contributed by atoms with Gasteiger partial charge in [-0.1, -0.05) is 42.5 Å². The predicted octanol–water partition coefficient (Wildman–Crippen LogP) is 3.41.